The third kappa shape index (κ3) is 3.33. The monoisotopic (exact) mass is 368 g/mol. The summed E-state index contributed by atoms with van der Waals surface area (Å²) in [5.74, 6) is -0.592. The van der Waals surface area contributed by atoms with Crippen LogP contribution in [0.4, 0.5) is 22.7 Å². The highest BCUT2D eigenvalue weighted by Gasteiger charge is 2.44. The second-order valence-corrected chi connectivity index (χ2v) is 6.88. The van der Waals surface area contributed by atoms with Crippen LogP contribution in [-0.2, 0) is 9.59 Å². The fourth-order valence-electron chi connectivity index (χ4n) is 3.06. The van der Waals surface area contributed by atoms with Gasteiger partial charge in [-0.25, -0.2) is 0 Å². The molecule has 8 heteroatoms. The predicted octanol–water partition coefficient (Wildman–Crippen LogP) is 3.16. The lowest BCUT2D eigenvalue weighted by Gasteiger charge is -2.43. The molecule has 27 heavy (non-hydrogen) atoms. The molecule has 2 N–H and O–H groups in total. The van der Waals surface area contributed by atoms with Crippen LogP contribution < -0.4 is 15.5 Å². The molecule has 0 aromatic heterocycles. The number of nitro groups is 1. The van der Waals surface area contributed by atoms with Crippen LogP contribution in [0.15, 0.2) is 48.5 Å². The summed E-state index contributed by atoms with van der Waals surface area (Å²) in [4.78, 5) is 37.6. The van der Waals surface area contributed by atoms with E-state index in [2.05, 4.69) is 10.6 Å². The van der Waals surface area contributed by atoms with E-state index < -0.39 is 16.5 Å². The Morgan fingerprint density at radius 2 is 1.93 bits per heavy atom. The van der Waals surface area contributed by atoms with Crippen LogP contribution in [0.1, 0.15) is 20.8 Å². The van der Waals surface area contributed by atoms with E-state index in [4.69, 9.17) is 0 Å². The quantitative estimate of drug-likeness (QED) is 0.637. The molecule has 0 spiro atoms. The van der Waals surface area contributed by atoms with Crippen LogP contribution in [0.3, 0.4) is 0 Å². The number of nitrogens with one attached hydrogen (secondary N) is 2. The van der Waals surface area contributed by atoms with Crippen molar-refractivity contribution in [1.29, 1.82) is 0 Å². The number of carbonyl (C=O) groups is 2. The Hall–Kier alpha value is -3.42. The van der Waals surface area contributed by atoms with Crippen LogP contribution in [0.5, 0.6) is 0 Å². The molecule has 0 bridgehead atoms. The Kier molecular flexibility index (Phi) is 4.57. The summed E-state index contributed by atoms with van der Waals surface area (Å²) in [6.07, 6.45) is 0. The molecule has 1 aliphatic heterocycles. The second-order valence-electron chi connectivity index (χ2n) is 6.88. The molecule has 1 heterocycles. The molecule has 140 valence electrons. The zero-order valence-electron chi connectivity index (χ0n) is 15.2. The number of anilines is 3. The topological polar surface area (TPSA) is 105 Å². The summed E-state index contributed by atoms with van der Waals surface area (Å²) in [6.45, 7) is 5.01. The first-order valence-corrected chi connectivity index (χ1v) is 8.47. The lowest BCUT2D eigenvalue weighted by atomic mass is 9.95. The fraction of sp³-hybridized carbons (Fsp3) is 0.263. The number of non-ortho nitro benzene ring substituents is 1. The van der Waals surface area contributed by atoms with Crippen molar-refractivity contribution in [1.82, 2.24) is 0 Å². The van der Waals surface area contributed by atoms with E-state index >= 15 is 0 Å². The third-order valence-electron chi connectivity index (χ3n) is 4.54. The Labute approximate surface area is 156 Å². The summed E-state index contributed by atoms with van der Waals surface area (Å²) < 4.78 is 0. The maximum Gasteiger partial charge on any atom is 0.271 e. The number of benzene rings is 2. The summed E-state index contributed by atoms with van der Waals surface area (Å²) >= 11 is 0. The standard InChI is InChI=1S/C19H20N4O4/c1-12(20-13-7-6-8-14(11-13)23(26)27)17(24)22-16-10-5-4-9-15(16)21-18(25)19(22,2)3/h4-12,20H,1-3H3,(H,21,25)/t12-/m0/s1. The number of amides is 2. The van der Waals surface area contributed by atoms with E-state index in [-0.39, 0.29) is 17.5 Å². The van der Waals surface area contributed by atoms with E-state index in [9.17, 15) is 19.7 Å². The van der Waals surface area contributed by atoms with Crippen molar-refractivity contribution >= 4 is 34.6 Å². The van der Waals surface area contributed by atoms with Crippen LogP contribution >= 0.6 is 0 Å². The Morgan fingerprint density at radius 1 is 1.22 bits per heavy atom. The van der Waals surface area contributed by atoms with Crippen LogP contribution in [0.25, 0.3) is 0 Å². The number of nitro benzene ring substituents is 1. The van der Waals surface area contributed by atoms with Crippen LogP contribution in [0.2, 0.25) is 0 Å². The van der Waals surface area contributed by atoms with Gasteiger partial charge in [-0.1, -0.05) is 18.2 Å². The van der Waals surface area contributed by atoms with Gasteiger partial charge in [0.2, 0.25) is 11.8 Å². The number of fused-ring (bicyclic) bond motifs is 1. The van der Waals surface area contributed by atoms with Gasteiger partial charge in [0.25, 0.3) is 5.69 Å². The van der Waals surface area contributed by atoms with Crippen molar-refractivity contribution in [3.63, 3.8) is 0 Å². The van der Waals surface area contributed by atoms with E-state index in [1.165, 1.54) is 17.0 Å². The van der Waals surface area contributed by atoms with Gasteiger partial charge >= 0.3 is 0 Å². The van der Waals surface area contributed by atoms with Gasteiger partial charge in [-0.15, -0.1) is 0 Å². The molecular formula is C19H20N4O4. The first-order valence-electron chi connectivity index (χ1n) is 8.47. The normalized spacial score (nSPS) is 16.1. The number of rotatable bonds is 4. The van der Waals surface area contributed by atoms with Gasteiger partial charge < -0.3 is 10.6 Å². The molecule has 0 unspecified atom stereocenters. The van der Waals surface area contributed by atoms with Crippen molar-refractivity contribution < 1.29 is 14.5 Å². The molecule has 8 nitrogen and oxygen atoms in total. The summed E-state index contributed by atoms with van der Waals surface area (Å²) in [6, 6.07) is 12.3. The van der Waals surface area contributed by atoms with Gasteiger partial charge in [-0.3, -0.25) is 24.6 Å². The zero-order chi connectivity index (χ0) is 19.8. The van der Waals surface area contributed by atoms with Gasteiger partial charge in [-0.2, -0.15) is 0 Å². The zero-order valence-corrected chi connectivity index (χ0v) is 15.2. The lowest BCUT2D eigenvalue weighted by Crippen LogP contribution is -2.61. The SMILES string of the molecule is C[C@H](Nc1cccc([N+](=O)[O-])c1)C(=O)N1c2ccccc2NC(=O)C1(C)C. The second kappa shape index (κ2) is 6.71. The van der Waals surface area contributed by atoms with Gasteiger partial charge in [0.1, 0.15) is 11.6 Å². The number of para-hydroxylation sites is 2. The highest BCUT2D eigenvalue weighted by molar-refractivity contribution is 6.15. The average Bonchev–Trinajstić information content (AvgIpc) is 2.62. The van der Waals surface area contributed by atoms with E-state index in [1.807, 2.05) is 0 Å². The molecule has 1 aliphatic rings. The molecule has 3 rings (SSSR count). The number of carbonyl (C=O) groups excluding carboxylic acids is 2. The number of hydrogen-bond acceptors (Lipinski definition) is 5. The minimum atomic E-state index is -1.08. The Balaban J connectivity index is 1.91. The average molecular weight is 368 g/mol. The van der Waals surface area contributed by atoms with Gasteiger partial charge in [-0.05, 0) is 39.0 Å². The van der Waals surface area contributed by atoms with E-state index in [1.54, 1.807) is 57.2 Å². The molecule has 2 aromatic carbocycles. The van der Waals surface area contributed by atoms with Crippen molar-refractivity contribution in [3.8, 4) is 0 Å². The van der Waals surface area contributed by atoms with Crippen LogP contribution in [0, 0.1) is 10.1 Å². The predicted molar refractivity (Wildman–Crippen MR) is 103 cm³/mol. The van der Waals surface area contributed by atoms with E-state index in [0.717, 1.165) is 0 Å². The van der Waals surface area contributed by atoms with E-state index in [0.29, 0.717) is 17.1 Å². The van der Waals surface area contributed by atoms with Crippen molar-refractivity contribution in [3.05, 3.63) is 58.6 Å². The molecule has 2 aromatic rings. The third-order valence-corrected chi connectivity index (χ3v) is 4.54. The van der Waals surface area contributed by atoms with Crippen molar-refractivity contribution in [2.45, 2.75) is 32.4 Å². The molecule has 0 saturated heterocycles. The number of hydrogen-bond donors (Lipinski definition) is 2. The van der Waals surface area contributed by atoms with Gasteiger partial charge in [0.15, 0.2) is 0 Å². The first-order chi connectivity index (χ1) is 12.7. The summed E-state index contributed by atoms with van der Waals surface area (Å²) in [5, 5.41) is 16.7. The molecule has 1 atom stereocenters. The van der Waals surface area contributed by atoms with Gasteiger partial charge in [0, 0.05) is 17.8 Å². The molecule has 0 radical (unpaired) electrons. The molecule has 0 fully saturated rings. The fourth-order valence-corrected chi connectivity index (χ4v) is 3.06. The number of nitrogens with zero attached hydrogens (tertiary/aromatic N) is 2. The minimum Gasteiger partial charge on any atom is -0.374 e. The van der Waals surface area contributed by atoms with Crippen LogP contribution in [-0.4, -0.2) is 28.3 Å². The van der Waals surface area contributed by atoms with Crippen molar-refractivity contribution in [2.24, 2.45) is 0 Å². The highest BCUT2D eigenvalue weighted by Crippen LogP contribution is 2.37. The highest BCUT2D eigenvalue weighted by atomic mass is 16.6. The molecule has 0 aliphatic carbocycles. The maximum atomic E-state index is 13.2. The molecule has 0 saturated carbocycles. The molecule has 2 amide bonds. The smallest absolute Gasteiger partial charge is 0.271 e. The van der Waals surface area contributed by atoms with Gasteiger partial charge in [0.05, 0.1) is 16.3 Å². The lowest BCUT2D eigenvalue weighted by molar-refractivity contribution is -0.384. The summed E-state index contributed by atoms with van der Waals surface area (Å²) in [7, 11) is 0. The Morgan fingerprint density at radius 3 is 2.63 bits per heavy atom. The largest absolute Gasteiger partial charge is 0.374 e. The van der Waals surface area contributed by atoms with Crippen molar-refractivity contribution in [2.75, 3.05) is 15.5 Å². The summed E-state index contributed by atoms with van der Waals surface area (Å²) in [5.41, 5.74) is 0.488. The maximum absolute atomic E-state index is 13.2. The minimum absolute atomic E-state index is 0.0670. The molecular weight excluding hydrogens is 348 g/mol. The Bertz CT molecular complexity index is 925. The first kappa shape index (κ1) is 18.4.